The molecule has 5 rings (SSSR count). The lowest BCUT2D eigenvalue weighted by molar-refractivity contribution is -0.132. The van der Waals surface area contributed by atoms with Gasteiger partial charge >= 0.3 is 5.63 Å². The zero-order valence-electron chi connectivity index (χ0n) is 19.9. The van der Waals surface area contributed by atoms with Crippen molar-refractivity contribution in [2.45, 2.75) is 33.6 Å². The Labute approximate surface area is 198 Å². The minimum absolute atomic E-state index is 0.0348. The van der Waals surface area contributed by atoms with Crippen LogP contribution in [0, 0.1) is 20.8 Å². The summed E-state index contributed by atoms with van der Waals surface area (Å²) in [6.07, 6.45) is 4.47. The molecule has 1 aromatic carbocycles. The van der Waals surface area contributed by atoms with Crippen LogP contribution < -0.4 is 5.63 Å². The lowest BCUT2D eigenvalue weighted by atomic mass is 9.98. The molecule has 0 atom stereocenters. The first-order valence-corrected chi connectivity index (χ1v) is 11.8. The number of aryl methyl sites for hydroxylation is 3. The third-order valence-corrected chi connectivity index (χ3v) is 6.93. The molecule has 34 heavy (non-hydrogen) atoms. The predicted molar refractivity (Wildman–Crippen MR) is 131 cm³/mol. The van der Waals surface area contributed by atoms with Gasteiger partial charge in [-0.2, -0.15) is 0 Å². The number of furan rings is 1. The maximum Gasteiger partial charge on any atom is 0.340 e. The largest absolute Gasteiger partial charge is 0.463 e. The molecular formula is C27H29N3O4. The number of carbonyl (C=O) groups is 1. The zero-order chi connectivity index (χ0) is 23.8. The summed E-state index contributed by atoms with van der Waals surface area (Å²) in [5, 5.41) is 1.80. The normalized spacial score (nSPS) is 14.9. The van der Waals surface area contributed by atoms with Gasteiger partial charge in [-0.15, -0.1) is 0 Å². The molecular weight excluding hydrogens is 430 g/mol. The van der Waals surface area contributed by atoms with E-state index in [1.165, 1.54) is 0 Å². The Hall–Kier alpha value is -3.45. The van der Waals surface area contributed by atoms with Gasteiger partial charge in [-0.3, -0.25) is 14.7 Å². The molecule has 0 N–H and O–H groups in total. The van der Waals surface area contributed by atoms with Crippen molar-refractivity contribution in [2.24, 2.45) is 0 Å². The molecule has 7 heteroatoms. The summed E-state index contributed by atoms with van der Waals surface area (Å²) >= 11 is 0. The highest BCUT2D eigenvalue weighted by Gasteiger charge is 2.25. The van der Waals surface area contributed by atoms with Gasteiger partial charge in [0.2, 0.25) is 5.91 Å². The van der Waals surface area contributed by atoms with E-state index in [4.69, 9.17) is 8.83 Å². The Balaban J connectivity index is 1.31. The number of hydrogen-bond acceptors (Lipinski definition) is 6. The van der Waals surface area contributed by atoms with Crippen LogP contribution in [0.5, 0.6) is 0 Å². The minimum atomic E-state index is -0.450. The highest BCUT2D eigenvalue weighted by atomic mass is 16.4. The van der Waals surface area contributed by atoms with Crippen LogP contribution in [0.25, 0.3) is 21.9 Å². The number of rotatable bonds is 5. The second-order valence-corrected chi connectivity index (χ2v) is 9.15. The van der Waals surface area contributed by atoms with E-state index in [0.29, 0.717) is 29.8 Å². The average Bonchev–Trinajstić information content (AvgIpc) is 3.23. The van der Waals surface area contributed by atoms with Crippen LogP contribution >= 0.6 is 0 Å². The quantitative estimate of drug-likeness (QED) is 0.423. The summed E-state index contributed by atoms with van der Waals surface area (Å²) in [5.41, 5.74) is 5.05. The molecule has 4 aromatic rings. The number of aromatic nitrogens is 1. The summed E-state index contributed by atoms with van der Waals surface area (Å²) in [4.78, 5) is 34.5. The summed E-state index contributed by atoms with van der Waals surface area (Å²) in [6.45, 7) is 9.71. The van der Waals surface area contributed by atoms with Gasteiger partial charge in [-0.25, -0.2) is 4.79 Å². The van der Waals surface area contributed by atoms with E-state index in [-0.39, 0.29) is 12.3 Å². The van der Waals surface area contributed by atoms with E-state index in [0.717, 1.165) is 59.2 Å². The van der Waals surface area contributed by atoms with Crippen LogP contribution in [-0.4, -0.2) is 53.4 Å². The first-order chi connectivity index (χ1) is 16.4. The van der Waals surface area contributed by atoms with E-state index in [2.05, 4.69) is 9.88 Å². The fourth-order valence-corrected chi connectivity index (χ4v) is 4.98. The van der Waals surface area contributed by atoms with Crippen LogP contribution in [0.15, 0.2) is 50.4 Å². The van der Waals surface area contributed by atoms with Gasteiger partial charge in [0.15, 0.2) is 0 Å². The van der Waals surface area contributed by atoms with Crippen LogP contribution in [0.4, 0.5) is 0 Å². The summed E-state index contributed by atoms with van der Waals surface area (Å²) in [5.74, 6) is -0.0434. The minimum Gasteiger partial charge on any atom is -0.463 e. The van der Waals surface area contributed by atoms with Gasteiger partial charge in [0.05, 0.1) is 23.6 Å². The monoisotopic (exact) mass is 459 g/mol. The van der Waals surface area contributed by atoms with E-state index >= 15 is 0 Å². The second kappa shape index (κ2) is 9.06. The Morgan fingerprint density at radius 1 is 1.06 bits per heavy atom. The molecule has 1 aliphatic rings. The second-order valence-electron chi connectivity index (χ2n) is 9.15. The highest BCUT2D eigenvalue weighted by Crippen LogP contribution is 2.34. The SMILES string of the molecule is Cc1coc2c1c(C)cc1oc(=O)c(CC(=O)N3CCN(CCc4ccccn4)CC3)c(C)c12. The molecule has 1 amide bonds. The van der Waals surface area contributed by atoms with Crippen molar-refractivity contribution in [2.75, 3.05) is 32.7 Å². The Morgan fingerprint density at radius 3 is 2.59 bits per heavy atom. The van der Waals surface area contributed by atoms with Crippen LogP contribution in [0.2, 0.25) is 0 Å². The van der Waals surface area contributed by atoms with E-state index in [1.807, 2.05) is 56.1 Å². The first kappa shape index (κ1) is 22.3. The lowest BCUT2D eigenvalue weighted by Crippen LogP contribution is -2.49. The molecule has 4 heterocycles. The van der Waals surface area contributed by atoms with Crippen molar-refractivity contribution in [1.29, 1.82) is 0 Å². The van der Waals surface area contributed by atoms with Gasteiger partial charge in [0, 0.05) is 56.4 Å². The predicted octanol–water partition coefficient (Wildman–Crippen LogP) is 3.79. The number of carbonyl (C=O) groups excluding carboxylic acids is 1. The third-order valence-electron chi connectivity index (χ3n) is 6.93. The number of amides is 1. The van der Waals surface area contributed by atoms with E-state index in [1.54, 1.807) is 6.26 Å². The number of piperazine rings is 1. The van der Waals surface area contributed by atoms with Crippen LogP contribution in [-0.2, 0) is 17.6 Å². The molecule has 176 valence electrons. The van der Waals surface area contributed by atoms with Gasteiger partial charge in [-0.05, 0) is 55.7 Å². The number of hydrogen-bond donors (Lipinski definition) is 0. The van der Waals surface area contributed by atoms with Crippen molar-refractivity contribution in [1.82, 2.24) is 14.8 Å². The molecule has 0 unspecified atom stereocenters. The van der Waals surface area contributed by atoms with E-state index in [9.17, 15) is 9.59 Å². The third kappa shape index (κ3) is 4.12. The van der Waals surface area contributed by atoms with Crippen molar-refractivity contribution in [3.63, 3.8) is 0 Å². The summed E-state index contributed by atoms with van der Waals surface area (Å²) in [6, 6.07) is 7.84. The van der Waals surface area contributed by atoms with Gasteiger partial charge in [0.1, 0.15) is 11.2 Å². The summed E-state index contributed by atoms with van der Waals surface area (Å²) < 4.78 is 11.5. The lowest BCUT2D eigenvalue weighted by Gasteiger charge is -2.34. The fourth-order valence-electron chi connectivity index (χ4n) is 4.98. The van der Waals surface area contributed by atoms with Crippen LogP contribution in [0.3, 0.4) is 0 Å². The Bertz CT molecular complexity index is 1410. The molecule has 7 nitrogen and oxygen atoms in total. The number of benzene rings is 1. The maximum absolute atomic E-state index is 13.1. The number of nitrogens with zero attached hydrogens (tertiary/aromatic N) is 3. The molecule has 0 bridgehead atoms. The van der Waals surface area contributed by atoms with Crippen molar-refractivity contribution < 1.29 is 13.6 Å². The van der Waals surface area contributed by atoms with Gasteiger partial charge < -0.3 is 13.7 Å². The van der Waals surface area contributed by atoms with Gasteiger partial charge in [-0.1, -0.05) is 6.07 Å². The molecule has 1 saturated heterocycles. The average molecular weight is 460 g/mol. The Morgan fingerprint density at radius 2 is 1.85 bits per heavy atom. The molecule has 0 aliphatic carbocycles. The molecule has 0 spiro atoms. The molecule has 1 aliphatic heterocycles. The van der Waals surface area contributed by atoms with E-state index < -0.39 is 5.63 Å². The topological polar surface area (TPSA) is 79.8 Å². The van der Waals surface area contributed by atoms with Gasteiger partial charge in [0.25, 0.3) is 0 Å². The molecule has 0 radical (unpaired) electrons. The van der Waals surface area contributed by atoms with Crippen LogP contribution in [0.1, 0.15) is 27.9 Å². The standard InChI is InChI=1S/C27H29N3O4/c1-17-14-22-25(26-24(17)18(2)16-33-26)19(3)21(27(32)34-22)15-23(31)30-12-10-29(11-13-30)9-7-20-6-4-5-8-28-20/h4-6,8,14,16H,7,9-13,15H2,1-3H3. The Kier molecular flexibility index (Phi) is 5.96. The van der Waals surface area contributed by atoms with Crippen molar-refractivity contribution in [3.8, 4) is 0 Å². The van der Waals surface area contributed by atoms with Crippen molar-refractivity contribution >= 4 is 27.8 Å². The highest BCUT2D eigenvalue weighted by molar-refractivity contribution is 6.07. The maximum atomic E-state index is 13.1. The van der Waals surface area contributed by atoms with Crippen molar-refractivity contribution in [3.05, 3.63) is 75.1 Å². The smallest absolute Gasteiger partial charge is 0.340 e. The molecule has 1 fully saturated rings. The molecule has 3 aromatic heterocycles. The zero-order valence-corrected chi connectivity index (χ0v) is 19.9. The fraction of sp³-hybridized carbons (Fsp3) is 0.370. The number of pyridine rings is 1. The first-order valence-electron chi connectivity index (χ1n) is 11.8. The summed E-state index contributed by atoms with van der Waals surface area (Å²) in [7, 11) is 0. The number of fused-ring (bicyclic) bond motifs is 3. The molecule has 0 saturated carbocycles.